The lowest BCUT2D eigenvalue weighted by atomic mass is 10.1. The number of hydrogen-bond acceptors (Lipinski definition) is 4. The van der Waals surface area contributed by atoms with Gasteiger partial charge in [-0.1, -0.05) is 36.4 Å². The highest BCUT2D eigenvalue weighted by molar-refractivity contribution is 7.71. The summed E-state index contributed by atoms with van der Waals surface area (Å²) in [5.41, 5.74) is 4.63. The van der Waals surface area contributed by atoms with Gasteiger partial charge in [0.15, 0.2) is 0 Å². The summed E-state index contributed by atoms with van der Waals surface area (Å²) in [6, 6.07) is 20.1. The summed E-state index contributed by atoms with van der Waals surface area (Å²) >= 11 is 5.13. The van der Waals surface area contributed by atoms with Crippen molar-refractivity contribution in [3.8, 4) is 28.5 Å². The van der Waals surface area contributed by atoms with E-state index in [0.29, 0.717) is 16.3 Å². The van der Waals surface area contributed by atoms with E-state index >= 15 is 0 Å². The van der Waals surface area contributed by atoms with Gasteiger partial charge in [-0.15, -0.1) is 0 Å². The fourth-order valence-corrected chi connectivity index (χ4v) is 3.35. The van der Waals surface area contributed by atoms with Gasteiger partial charge < -0.3 is 10.8 Å². The van der Waals surface area contributed by atoms with E-state index in [1.807, 2.05) is 65.5 Å². The molecule has 0 aliphatic heterocycles. The smallest absolute Gasteiger partial charge is 0.214 e. The molecule has 0 saturated heterocycles. The van der Waals surface area contributed by atoms with E-state index in [-0.39, 0.29) is 0 Å². The van der Waals surface area contributed by atoms with E-state index in [1.54, 1.807) is 0 Å². The molecule has 0 bridgehead atoms. The lowest BCUT2D eigenvalue weighted by molar-refractivity contribution is 0.879. The number of nitrogens with two attached hydrogens (primary N) is 1. The SMILES string of the molecule is Nn1c(-c2cc(-c3c[nH]c4ccccc34)n(-c3ccccc3)n2)n[nH]c1=S. The molecule has 3 heterocycles. The Morgan fingerprint density at radius 3 is 2.56 bits per heavy atom. The maximum absolute atomic E-state index is 6.01. The number of nitrogens with one attached hydrogen (secondary N) is 2. The topological polar surface area (TPSA) is 93.2 Å². The summed E-state index contributed by atoms with van der Waals surface area (Å²) in [6.07, 6.45) is 1.99. The first kappa shape index (κ1) is 15.6. The summed E-state index contributed by atoms with van der Waals surface area (Å²) in [5, 5.41) is 12.8. The van der Waals surface area contributed by atoms with Crippen molar-refractivity contribution in [1.82, 2.24) is 29.6 Å². The van der Waals surface area contributed by atoms with E-state index in [0.717, 1.165) is 27.8 Å². The van der Waals surface area contributed by atoms with Crippen molar-refractivity contribution in [2.75, 3.05) is 5.84 Å². The summed E-state index contributed by atoms with van der Waals surface area (Å²) in [6.45, 7) is 0. The number of benzene rings is 2. The van der Waals surface area contributed by atoms with Gasteiger partial charge in [-0.2, -0.15) is 10.2 Å². The molecule has 0 spiro atoms. The average Bonchev–Trinajstić information content (AvgIpc) is 3.40. The highest BCUT2D eigenvalue weighted by Gasteiger charge is 2.18. The average molecular weight is 373 g/mol. The number of nitrogen functional groups attached to an aromatic ring is 1. The second-order valence-electron chi connectivity index (χ2n) is 6.13. The van der Waals surface area contributed by atoms with Crippen LogP contribution in [0.5, 0.6) is 0 Å². The number of aromatic nitrogens is 6. The van der Waals surface area contributed by atoms with Crippen LogP contribution in [0.1, 0.15) is 0 Å². The predicted molar refractivity (Wildman–Crippen MR) is 107 cm³/mol. The van der Waals surface area contributed by atoms with Crippen LogP contribution in [0.3, 0.4) is 0 Å². The first-order chi connectivity index (χ1) is 13.2. The van der Waals surface area contributed by atoms with Crippen LogP contribution in [-0.4, -0.2) is 29.6 Å². The first-order valence-electron chi connectivity index (χ1n) is 8.37. The lowest BCUT2D eigenvalue weighted by Crippen LogP contribution is -2.10. The van der Waals surface area contributed by atoms with E-state index in [4.69, 9.17) is 23.2 Å². The molecule has 3 aromatic heterocycles. The molecule has 0 radical (unpaired) electrons. The molecule has 0 atom stereocenters. The van der Waals surface area contributed by atoms with Crippen molar-refractivity contribution < 1.29 is 0 Å². The molecule has 0 unspecified atom stereocenters. The minimum absolute atomic E-state index is 0.341. The van der Waals surface area contributed by atoms with E-state index in [2.05, 4.69) is 21.2 Å². The van der Waals surface area contributed by atoms with E-state index in [9.17, 15) is 0 Å². The lowest BCUT2D eigenvalue weighted by Gasteiger charge is -2.06. The van der Waals surface area contributed by atoms with E-state index < -0.39 is 0 Å². The molecule has 2 aromatic carbocycles. The van der Waals surface area contributed by atoms with Gasteiger partial charge in [-0.3, -0.25) is 0 Å². The van der Waals surface area contributed by atoms with Gasteiger partial charge in [-0.05, 0) is 36.5 Å². The van der Waals surface area contributed by atoms with Gasteiger partial charge in [0.25, 0.3) is 0 Å². The summed E-state index contributed by atoms with van der Waals surface area (Å²) < 4.78 is 3.56. The van der Waals surface area contributed by atoms with E-state index in [1.165, 1.54) is 4.68 Å². The summed E-state index contributed by atoms with van der Waals surface area (Å²) in [7, 11) is 0. The number of hydrogen-bond donors (Lipinski definition) is 3. The van der Waals surface area contributed by atoms with Crippen LogP contribution in [-0.2, 0) is 0 Å². The maximum Gasteiger partial charge on any atom is 0.214 e. The third-order valence-corrected chi connectivity index (χ3v) is 4.80. The molecule has 0 amide bonds. The second-order valence-corrected chi connectivity index (χ2v) is 6.52. The van der Waals surface area contributed by atoms with Crippen molar-refractivity contribution >= 4 is 23.1 Å². The standard InChI is InChI=1S/C19H15N7S/c20-25-18(22-23-19(25)27)16-10-17(26(24-16)12-6-2-1-3-7-12)14-11-21-15-9-5-4-8-13(14)15/h1-11,21H,20H2,(H,23,27). The van der Waals surface area contributed by atoms with Gasteiger partial charge in [0.2, 0.25) is 10.6 Å². The number of para-hydroxylation sites is 2. The first-order valence-corrected chi connectivity index (χ1v) is 8.78. The van der Waals surface area contributed by atoms with Gasteiger partial charge in [0, 0.05) is 22.7 Å². The Kier molecular flexibility index (Phi) is 3.44. The van der Waals surface area contributed by atoms with Gasteiger partial charge >= 0.3 is 0 Å². The summed E-state index contributed by atoms with van der Waals surface area (Å²) in [4.78, 5) is 3.32. The highest BCUT2D eigenvalue weighted by atomic mass is 32.1. The molecule has 0 saturated carbocycles. The molecule has 5 aromatic rings. The molecule has 132 valence electrons. The number of aromatic amines is 2. The van der Waals surface area contributed by atoms with Crippen LogP contribution in [0.15, 0.2) is 66.9 Å². The Morgan fingerprint density at radius 2 is 1.78 bits per heavy atom. The molecule has 0 fully saturated rings. The number of H-pyrrole nitrogens is 2. The summed E-state index contributed by atoms with van der Waals surface area (Å²) in [5.74, 6) is 6.49. The Bertz CT molecular complexity index is 1310. The molecule has 0 aliphatic carbocycles. The van der Waals surface area contributed by atoms with Crippen molar-refractivity contribution in [1.29, 1.82) is 0 Å². The molecule has 7 nitrogen and oxygen atoms in total. The minimum atomic E-state index is 0.341. The van der Waals surface area contributed by atoms with Crippen LogP contribution in [0.4, 0.5) is 0 Å². The zero-order valence-corrected chi connectivity index (χ0v) is 14.9. The van der Waals surface area contributed by atoms with Crippen LogP contribution in [0.25, 0.3) is 39.4 Å². The Morgan fingerprint density at radius 1 is 1.00 bits per heavy atom. The van der Waals surface area contributed by atoms with Gasteiger partial charge in [-0.25, -0.2) is 14.5 Å². The molecule has 5 rings (SSSR count). The van der Waals surface area contributed by atoms with Crippen molar-refractivity contribution in [2.24, 2.45) is 0 Å². The molecule has 27 heavy (non-hydrogen) atoms. The third-order valence-electron chi connectivity index (χ3n) is 4.51. The fourth-order valence-electron chi connectivity index (χ4n) is 3.22. The maximum atomic E-state index is 6.01. The Hall–Kier alpha value is -3.65. The number of nitrogens with zero attached hydrogens (tertiary/aromatic N) is 4. The molecular formula is C19H15N7S. The fraction of sp³-hybridized carbons (Fsp3) is 0. The molecule has 8 heteroatoms. The van der Waals surface area contributed by atoms with Crippen LogP contribution < -0.4 is 5.84 Å². The van der Waals surface area contributed by atoms with Crippen LogP contribution in [0, 0.1) is 4.77 Å². The monoisotopic (exact) mass is 373 g/mol. The number of rotatable bonds is 3. The van der Waals surface area contributed by atoms with Gasteiger partial charge in [0.1, 0.15) is 5.69 Å². The largest absolute Gasteiger partial charge is 0.360 e. The minimum Gasteiger partial charge on any atom is -0.360 e. The quantitative estimate of drug-likeness (QED) is 0.332. The molecular weight excluding hydrogens is 358 g/mol. The second kappa shape index (κ2) is 5.96. The van der Waals surface area contributed by atoms with Crippen molar-refractivity contribution in [2.45, 2.75) is 0 Å². The van der Waals surface area contributed by atoms with Crippen LogP contribution in [0.2, 0.25) is 0 Å². The molecule has 4 N–H and O–H groups in total. The number of fused-ring (bicyclic) bond motifs is 1. The zero-order valence-electron chi connectivity index (χ0n) is 14.1. The Labute approximate surface area is 159 Å². The highest BCUT2D eigenvalue weighted by Crippen LogP contribution is 2.32. The van der Waals surface area contributed by atoms with Crippen LogP contribution >= 0.6 is 12.2 Å². The van der Waals surface area contributed by atoms with Crippen molar-refractivity contribution in [3.05, 3.63) is 71.6 Å². The zero-order chi connectivity index (χ0) is 18.4. The molecule has 0 aliphatic rings. The predicted octanol–water partition coefficient (Wildman–Crippen LogP) is 3.66. The normalized spacial score (nSPS) is 11.3. The van der Waals surface area contributed by atoms with Gasteiger partial charge in [0.05, 0.1) is 11.4 Å². The Balaban J connectivity index is 1.79. The third kappa shape index (κ3) is 2.46. The van der Waals surface area contributed by atoms with Crippen molar-refractivity contribution in [3.63, 3.8) is 0 Å².